The van der Waals surface area contributed by atoms with E-state index in [1.165, 1.54) is 16.3 Å². The molecule has 0 N–H and O–H groups in total. The summed E-state index contributed by atoms with van der Waals surface area (Å²) in [6, 6.07) is 15.0. The predicted molar refractivity (Wildman–Crippen MR) is 90.8 cm³/mol. The smallest absolute Gasteiger partial charge is 0.333 e. The van der Waals surface area contributed by atoms with Gasteiger partial charge in [-0.3, -0.25) is 0 Å². The lowest BCUT2D eigenvalue weighted by atomic mass is 9.99. The molecule has 22 heavy (non-hydrogen) atoms. The van der Waals surface area contributed by atoms with Crippen molar-refractivity contribution in [2.24, 2.45) is 0 Å². The summed E-state index contributed by atoms with van der Waals surface area (Å²) in [6.07, 6.45) is 0.754. The van der Waals surface area contributed by atoms with Crippen LogP contribution in [0.4, 0.5) is 0 Å². The molecule has 1 unspecified atom stereocenters. The van der Waals surface area contributed by atoms with Gasteiger partial charge >= 0.3 is 5.97 Å². The Morgan fingerprint density at radius 1 is 1.18 bits per heavy atom. The van der Waals surface area contributed by atoms with Gasteiger partial charge in [0.1, 0.15) is 0 Å². The highest BCUT2D eigenvalue weighted by Gasteiger charge is 2.15. The first-order chi connectivity index (χ1) is 10.5. The zero-order valence-electron chi connectivity index (χ0n) is 13.5. The first-order valence-electron chi connectivity index (χ1n) is 7.47. The third-order valence-corrected chi connectivity index (χ3v) is 3.75. The van der Waals surface area contributed by atoms with Gasteiger partial charge in [0.05, 0.1) is 6.61 Å². The fourth-order valence-electron chi connectivity index (χ4n) is 2.52. The van der Waals surface area contributed by atoms with Crippen molar-refractivity contribution in [2.75, 3.05) is 20.7 Å². The molecule has 2 rings (SSSR count). The minimum atomic E-state index is -0.323. The lowest BCUT2D eigenvalue weighted by molar-refractivity contribution is -0.139. The Bertz CT molecular complexity index is 676. The largest absolute Gasteiger partial charge is 0.462 e. The molecule has 0 bridgehead atoms. The van der Waals surface area contributed by atoms with Crippen molar-refractivity contribution in [1.82, 2.24) is 4.90 Å². The lowest BCUT2D eigenvalue weighted by Crippen LogP contribution is -2.22. The fourth-order valence-corrected chi connectivity index (χ4v) is 2.52. The van der Waals surface area contributed by atoms with Crippen molar-refractivity contribution >= 4 is 16.7 Å². The molecule has 2 aromatic rings. The summed E-state index contributed by atoms with van der Waals surface area (Å²) in [7, 11) is 4.08. The summed E-state index contributed by atoms with van der Waals surface area (Å²) >= 11 is 0. The van der Waals surface area contributed by atoms with Crippen LogP contribution in [-0.4, -0.2) is 31.6 Å². The van der Waals surface area contributed by atoms with Crippen molar-refractivity contribution in [2.45, 2.75) is 19.4 Å². The van der Waals surface area contributed by atoms with Crippen LogP contribution in [0.25, 0.3) is 10.8 Å². The molecule has 0 aliphatic heterocycles. The molecule has 0 amide bonds. The van der Waals surface area contributed by atoms with Crippen LogP contribution in [0.15, 0.2) is 54.6 Å². The number of carbonyl (C=O) groups excluding carboxylic acids is 1. The van der Waals surface area contributed by atoms with Crippen LogP contribution in [0.2, 0.25) is 0 Å². The molecule has 0 saturated carbocycles. The second-order valence-corrected chi connectivity index (χ2v) is 5.79. The molecular formula is C19H23NO2. The summed E-state index contributed by atoms with van der Waals surface area (Å²) < 4.78 is 5.23. The van der Waals surface area contributed by atoms with Crippen LogP contribution in [0.5, 0.6) is 0 Å². The monoisotopic (exact) mass is 297 g/mol. The number of carbonyl (C=O) groups is 1. The van der Waals surface area contributed by atoms with Crippen molar-refractivity contribution in [3.05, 3.63) is 60.2 Å². The van der Waals surface area contributed by atoms with E-state index >= 15 is 0 Å². The summed E-state index contributed by atoms with van der Waals surface area (Å²) in [5.74, 6) is -0.323. The van der Waals surface area contributed by atoms with E-state index < -0.39 is 0 Å². The maximum absolute atomic E-state index is 11.5. The van der Waals surface area contributed by atoms with E-state index in [2.05, 4.69) is 41.8 Å². The summed E-state index contributed by atoms with van der Waals surface area (Å²) in [4.78, 5) is 13.6. The number of hydrogen-bond donors (Lipinski definition) is 0. The molecule has 0 aromatic heterocycles. The van der Waals surface area contributed by atoms with Crippen LogP contribution >= 0.6 is 0 Å². The molecular weight excluding hydrogens is 274 g/mol. The molecule has 1 atom stereocenters. The molecule has 116 valence electrons. The Morgan fingerprint density at radius 3 is 2.50 bits per heavy atom. The summed E-state index contributed by atoms with van der Waals surface area (Å²) in [5, 5.41) is 2.46. The van der Waals surface area contributed by atoms with Gasteiger partial charge in [0.2, 0.25) is 0 Å². The highest BCUT2D eigenvalue weighted by molar-refractivity contribution is 5.87. The Morgan fingerprint density at radius 2 is 1.86 bits per heavy atom. The van der Waals surface area contributed by atoms with Gasteiger partial charge < -0.3 is 9.64 Å². The molecule has 0 fully saturated rings. The quantitative estimate of drug-likeness (QED) is 0.597. The number of hydrogen-bond acceptors (Lipinski definition) is 3. The average molecular weight is 297 g/mol. The Kier molecular flexibility index (Phi) is 5.34. The van der Waals surface area contributed by atoms with Gasteiger partial charge in [0.25, 0.3) is 0 Å². The zero-order valence-corrected chi connectivity index (χ0v) is 13.5. The van der Waals surface area contributed by atoms with Gasteiger partial charge in [-0.25, -0.2) is 4.79 Å². The summed E-state index contributed by atoms with van der Waals surface area (Å²) in [5.41, 5.74) is 1.67. The molecule has 0 aliphatic rings. The number of rotatable bonds is 6. The van der Waals surface area contributed by atoms with Gasteiger partial charge in [-0.05, 0) is 43.4 Å². The van der Waals surface area contributed by atoms with Crippen LogP contribution in [0.3, 0.4) is 0 Å². The van der Waals surface area contributed by atoms with E-state index in [9.17, 15) is 4.79 Å². The van der Waals surface area contributed by atoms with E-state index in [4.69, 9.17) is 4.74 Å². The van der Waals surface area contributed by atoms with Gasteiger partial charge in [-0.15, -0.1) is 0 Å². The zero-order chi connectivity index (χ0) is 16.1. The van der Waals surface area contributed by atoms with Gasteiger partial charge in [0, 0.05) is 18.0 Å². The second kappa shape index (κ2) is 7.23. The molecule has 0 radical (unpaired) electrons. The van der Waals surface area contributed by atoms with E-state index in [0.29, 0.717) is 12.2 Å². The number of esters is 1. The maximum Gasteiger partial charge on any atom is 0.333 e. The average Bonchev–Trinajstić information content (AvgIpc) is 2.50. The van der Waals surface area contributed by atoms with Gasteiger partial charge in [-0.2, -0.15) is 0 Å². The van der Waals surface area contributed by atoms with E-state index in [-0.39, 0.29) is 12.0 Å². The van der Waals surface area contributed by atoms with Crippen molar-refractivity contribution in [3.63, 3.8) is 0 Å². The highest BCUT2D eigenvalue weighted by Crippen LogP contribution is 2.26. The Hall–Kier alpha value is -2.13. The molecule has 3 heteroatoms. The third-order valence-electron chi connectivity index (χ3n) is 3.75. The maximum atomic E-state index is 11.5. The number of ether oxygens (including phenoxy) is 1. The molecule has 0 spiro atoms. The van der Waals surface area contributed by atoms with Crippen LogP contribution < -0.4 is 0 Å². The number of fused-ring (bicyclic) bond motifs is 1. The molecule has 3 nitrogen and oxygen atoms in total. The van der Waals surface area contributed by atoms with Crippen LogP contribution in [0, 0.1) is 0 Å². The van der Waals surface area contributed by atoms with Gasteiger partial charge in [0.15, 0.2) is 0 Å². The Balaban J connectivity index is 2.12. The van der Waals surface area contributed by atoms with E-state index in [1.807, 2.05) is 26.2 Å². The molecule has 2 aromatic carbocycles. The number of nitrogens with zero attached hydrogens (tertiary/aromatic N) is 1. The van der Waals surface area contributed by atoms with Crippen molar-refractivity contribution < 1.29 is 9.53 Å². The molecule has 0 aliphatic carbocycles. The second-order valence-electron chi connectivity index (χ2n) is 5.79. The van der Waals surface area contributed by atoms with Crippen molar-refractivity contribution in [1.29, 1.82) is 0 Å². The standard InChI is InChI=1S/C19H23NO2/c1-14(2)19(21)22-12-11-18(20(3)4)17-10-9-15-7-5-6-8-16(15)13-17/h5-10,13,18H,1,11-12H2,2-4H3. The molecule has 0 saturated heterocycles. The fraction of sp³-hybridized carbons (Fsp3) is 0.316. The first kappa shape index (κ1) is 16.2. The Labute approximate surface area is 132 Å². The van der Waals surface area contributed by atoms with E-state index in [1.54, 1.807) is 6.92 Å². The van der Waals surface area contributed by atoms with Crippen LogP contribution in [-0.2, 0) is 9.53 Å². The topological polar surface area (TPSA) is 29.5 Å². The minimum absolute atomic E-state index is 0.211. The normalized spacial score (nSPS) is 12.4. The first-order valence-corrected chi connectivity index (χ1v) is 7.47. The predicted octanol–water partition coefficient (Wildman–Crippen LogP) is 3.95. The van der Waals surface area contributed by atoms with Gasteiger partial charge in [-0.1, -0.05) is 43.0 Å². The van der Waals surface area contributed by atoms with E-state index in [0.717, 1.165) is 6.42 Å². The SMILES string of the molecule is C=C(C)C(=O)OCCC(c1ccc2ccccc2c1)N(C)C. The number of benzene rings is 2. The highest BCUT2D eigenvalue weighted by atomic mass is 16.5. The van der Waals surface area contributed by atoms with Crippen molar-refractivity contribution in [3.8, 4) is 0 Å². The molecule has 0 heterocycles. The minimum Gasteiger partial charge on any atom is -0.462 e. The lowest BCUT2D eigenvalue weighted by Gasteiger charge is -2.25. The third kappa shape index (κ3) is 3.95. The summed E-state index contributed by atoms with van der Waals surface area (Å²) in [6.45, 7) is 5.65. The van der Waals surface area contributed by atoms with Crippen LogP contribution in [0.1, 0.15) is 24.9 Å².